The normalized spacial score (nSPS) is 13.5. The van der Waals surface area contributed by atoms with E-state index in [0.717, 1.165) is 10.6 Å². The molecule has 0 aliphatic heterocycles. The van der Waals surface area contributed by atoms with E-state index < -0.39 is 0 Å². The van der Waals surface area contributed by atoms with Crippen LogP contribution in [0.1, 0.15) is 25.5 Å². The zero-order valence-corrected chi connectivity index (χ0v) is 12.7. The zero-order valence-electron chi connectivity index (χ0n) is 11.9. The fraction of sp³-hybridized carbons (Fsp3) is 0.250. The molecule has 2 aromatic rings. The summed E-state index contributed by atoms with van der Waals surface area (Å²) in [4.78, 5) is 16.4. The summed E-state index contributed by atoms with van der Waals surface area (Å²) in [5.74, 6) is -0.348. The van der Waals surface area contributed by atoms with Gasteiger partial charge in [-0.3, -0.25) is 4.79 Å². The molecular formula is C16H17FN2OS. The molecule has 21 heavy (non-hydrogen) atoms. The number of thioether (sulfide) groups is 1. The van der Waals surface area contributed by atoms with Gasteiger partial charge in [0.15, 0.2) is 0 Å². The Morgan fingerprint density at radius 1 is 1.19 bits per heavy atom. The molecule has 0 radical (unpaired) electrons. The number of nitrogens with one attached hydrogen (secondary N) is 1. The molecule has 1 aromatic carbocycles. The molecule has 1 amide bonds. The molecule has 2 unspecified atom stereocenters. The van der Waals surface area contributed by atoms with Crippen LogP contribution < -0.4 is 5.32 Å². The van der Waals surface area contributed by atoms with Crippen LogP contribution in [0.5, 0.6) is 0 Å². The van der Waals surface area contributed by atoms with E-state index in [4.69, 9.17) is 0 Å². The highest BCUT2D eigenvalue weighted by molar-refractivity contribution is 8.00. The number of carbonyl (C=O) groups excluding carboxylic acids is 1. The van der Waals surface area contributed by atoms with Gasteiger partial charge in [0.05, 0.1) is 16.3 Å². The number of hydrogen-bond acceptors (Lipinski definition) is 3. The Balaban J connectivity index is 1.92. The minimum atomic E-state index is -0.281. The van der Waals surface area contributed by atoms with Crippen LogP contribution in [0, 0.1) is 5.82 Å². The number of benzene rings is 1. The molecule has 0 bridgehead atoms. The number of nitrogens with zero attached hydrogens (tertiary/aromatic N) is 1. The van der Waals surface area contributed by atoms with Crippen LogP contribution in [0.15, 0.2) is 53.7 Å². The number of aromatic nitrogens is 1. The van der Waals surface area contributed by atoms with Crippen LogP contribution in [0.25, 0.3) is 0 Å². The number of amides is 1. The second-order valence-corrected chi connectivity index (χ2v) is 6.07. The van der Waals surface area contributed by atoms with Gasteiger partial charge in [0.2, 0.25) is 5.91 Å². The van der Waals surface area contributed by atoms with E-state index >= 15 is 0 Å². The first kappa shape index (κ1) is 15.5. The number of halogens is 1. The van der Waals surface area contributed by atoms with Crippen molar-refractivity contribution in [1.82, 2.24) is 10.3 Å². The lowest BCUT2D eigenvalue weighted by atomic mass is 10.1. The molecular weight excluding hydrogens is 287 g/mol. The van der Waals surface area contributed by atoms with Crippen LogP contribution in [0.2, 0.25) is 0 Å². The van der Waals surface area contributed by atoms with Crippen molar-refractivity contribution >= 4 is 17.7 Å². The summed E-state index contributed by atoms with van der Waals surface area (Å²) in [6.45, 7) is 3.72. The maximum Gasteiger partial charge on any atom is 0.233 e. The predicted octanol–water partition coefficient (Wildman–Crippen LogP) is 3.58. The molecule has 110 valence electrons. The molecule has 1 aromatic heterocycles. The Labute approximate surface area is 128 Å². The van der Waals surface area contributed by atoms with Gasteiger partial charge >= 0.3 is 0 Å². The Bertz CT molecular complexity index is 589. The highest BCUT2D eigenvalue weighted by Gasteiger charge is 2.17. The van der Waals surface area contributed by atoms with Crippen molar-refractivity contribution in [2.75, 3.05) is 0 Å². The summed E-state index contributed by atoms with van der Waals surface area (Å²) >= 11 is 1.41. The monoisotopic (exact) mass is 304 g/mol. The van der Waals surface area contributed by atoms with Crippen LogP contribution in [0.4, 0.5) is 4.39 Å². The third-order valence-corrected chi connectivity index (χ3v) is 4.08. The lowest BCUT2D eigenvalue weighted by Gasteiger charge is -2.17. The van der Waals surface area contributed by atoms with Crippen molar-refractivity contribution < 1.29 is 9.18 Å². The topological polar surface area (TPSA) is 42.0 Å². The molecule has 1 heterocycles. The summed E-state index contributed by atoms with van der Waals surface area (Å²) < 4.78 is 12.9. The molecule has 0 aliphatic carbocycles. The molecule has 0 saturated heterocycles. The maximum atomic E-state index is 12.9. The summed E-state index contributed by atoms with van der Waals surface area (Å²) in [7, 11) is 0. The highest BCUT2D eigenvalue weighted by atomic mass is 32.2. The highest BCUT2D eigenvalue weighted by Crippen LogP contribution is 2.21. The maximum absolute atomic E-state index is 12.9. The van der Waals surface area contributed by atoms with Crippen molar-refractivity contribution in [2.24, 2.45) is 0 Å². The third-order valence-electron chi connectivity index (χ3n) is 3.03. The smallest absolute Gasteiger partial charge is 0.233 e. The van der Waals surface area contributed by atoms with E-state index in [2.05, 4.69) is 10.3 Å². The Morgan fingerprint density at radius 2 is 1.90 bits per heavy atom. The van der Waals surface area contributed by atoms with E-state index in [1.165, 1.54) is 23.9 Å². The minimum Gasteiger partial charge on any atom is -0.349 e. The second kappa shape index (κ2) is 7.22. The summed E-state index contributed by atoms with van der Waals surface area (Å²) in [6, 6.07) is 11.6. The molecule has 2 rings (SSSR count). The first-order chi connectivity index (χ1) is 10.1. The van der Waals surface area contributed by atoms with E-state index in [9.17, 15) is 9.18 Å². The van der Waals surface area contributed by atoms with Crippen molar-refractivity contribution in [1.29, 1.82) is 0 Å². The minimum absolute atomic E-state index is 0.0671. The fourth-order valence-corrected chi connectivity index (χ4v) is 2.63. The van der Waals surface area contributed by atoms with Crippen LogP contribution in [0.3, 0.4) is 0 Å². The number of rotatable bonds is 5. The lowest BCUT2D eigenvalue weighted by Crippen LogP contribution is -2.33. The number of carbonyl (C=O) groups is 1. The molecule has 3 nitrogen and oxygen atoms in total. The third kappa shape index (κ3) is 4.56. The predicted molar refractivity (Wildman–Crippen MR) is 82.5 cm³/mol. The fourth-order valence-electron chi connectivity index (χ4n) is 1.82. The van der Waals surface area contributed by atoms with E-state index in [1.54, 1.807) is 18.3 Å². The van der Waals surface area contributed by atoms with Crippen molar-refractivity contribution in [3.63, 3.8) is 0 Å². The Morgan fingerprint density at radius 3 is 2.52 bits per heavy atom. The van der Waals surface area contributed by atoms with Gasteiger partial charge in [0.1, 0.15) is 5.82 Å². The molecule has 5 heteroatoms. The van der Waals surface area contributed by atoms with Crippen molar-refractivity contribution in [3.05, 3.63) is 60.0 Å². The summed E-state index contributed by atoms with van der Waals surface area (Å²) in [5.41, 5.74) is 0.875. The van der Waals surface area contributed by atoms with Gasteiger partial charge in [-0.15, -0.1) is 0 Å². The van der Waals surface area contributed by atoms with Gasteiger partial charge in [-0.25, -0.2) is 9.37 Å². The molecule has 0 fully saturated rings. The van der Waals surface area contributed by atoms with Crippen LogP contribution in [-0.4, -0.2) is 16.1 Å². The molecule has 2 atom stereocenters. The van der Waals surface area contributed by atoms with E-state index in [0.29, 0.717) is 0 Å². The number of hydrogen-bond donors (Lipinski definition) is 1. The van der Waals surface area contributed by atoms with Gasteiger partial charge < -0.3 is 5.32 Å². The van der Waals surface area contributed by atoms with Gasteiger partial charge in [-0.2, -0.15) is 0 Å². The zero-order chi connectivity index (χ0) is 15.2. The van der Waals surface area contributed by atoms with Gasteiger partial charge in [0.25, 0.3) is 0 Å². The Hall–Kier alpha value is -1.88. The van der Waals surface area contributed by atoms with Crippen molar-refractivity contribution in [2.45, 2.75) is 30.2 Å². The SMILES string of the molecule is CC(Sc1ccccn1)C(=O)NC(C)c1ccc(F)cc1. The quantitative estimate of drug-likeness (QED) is 0.859. The largest absolute Gasteiger partial charge is 0.349 e. The average Bonchev–Trinajstić information content (AvgIpc) is 2.48. The van der Waals surface area contributed by atoms with Crippen molar-refractivity contribution in [3.8, 4) is 0 Å². The van der Waals surface area contributed by atoms with E-state index in [-0.39, 0.29) is 23.0 Å². The lowest BCUT2D eigenvalue weighted by molar-refractivity contribution is -0.120. The Kier molecular flexibility index (Phi) is 5.33. The first-order valence-electron chi connectivity index (χ1n) is 6.70. The molecule has 0 aliphatic rings. The van der Waals surface area contributed by atoms with E-state index in [1.807, 2.05) is 32.0 Å². The van der Waals surface area contributed by atoms with Crippen LogP contribution >= 0.6 is 11.8 Å². The molecule has 1 N–H and O–H groups in total. The number of pyridine rings is 1. The summed E-state index contributed by atoms with van der Waals surface area (Å²) in [5, 5.41) is 3.49. The van der Waals surface area contributed by atoms with Gasteiger partial charge in [-0.1, -0.05) is 30.0 Å². The average molecular weight is 304 g/mol. The second-order valence-electron chi connectivity index (χ2n) is 4.71. The molecule has 0 spiro atoms. The standard InChI is InChI=1S/C16H17FN2OS/c1-11(13-6-8-14(17)9-7-13)19-16(20)12(2)21-15-5-3-4-10-18-15/h3-12H,1-2H3,(H,19,20). The summed E-state index contributed by atoms with van der Waals surface area (Å²) in [6.07, 6.45) is 1.70. The van der Waals surface area contributed by atoms with Gasteiger partial charge in [-0.05, 0) is 43.7 Å². The first-order valence-corrected chi connectivity index (χ1v) is 7.58. The van der Waals surface area contributed by atoms with Crippen LogP contribution in [-0.2, 0) is 4.79 Å². The van der Waals surface area contributed by atoms with Gasteiger partial charge in [0, 0.05) is 6.20 Å². The molecule has 0 saturated carbocycles.